The van der Waals surface area contributed by atoms with Crippen LogP contribution in [0.5, 0.6) is 0 Å². The van der Waals surface area contributed by atoms with E-state index < -0.39 is 0 Å². The van der Waals surface area contributed by atoms with Gasteiger partial charge in [-0.05, 0) is 37.9 Å². The SMILES string of the molecule is Cc1cccn2c(=O)cc(CN3CCC[C@H]3CO)nc12. The predicted molar refractivity (Wildman–Crippen MR) is 76.7 cm³/mol. The second-order valence-corrected chi connectivity index (χ2v) is 5.42. The fraction of sp³-hybridized carbons (Fsp3) is 0.467. The molecule has 1 aliphatic heterocycles. The van der Waals surface area contributed by atoms with Gasteiger partial charge in [-0.1, -0.05) is 6.07 Å². The van der Waals surface area contributed by atoms with Crippen molar-refractivity contribution in [2.45, 2.75) is 32.4 Å². The third-order valence-electron chi connectivity index (χ3n) is 4.01. The van der Waals surface area contributed by atoms with Crippen LogP contribution in [-0.4, -0.2) is 38.6 Å². The zero-order valence-electron chi connectivity index (χ0n) is 11.6. The maximum atomic E-state index is 12.1. The molecule has 5 nitrogen and oxygen atoms in total. The Morgan fingerprint density at radius 1 is 1.50 bits per heavy atom. The van der Waals surface area contributed by atoms with E-state index in [-0.39, 0.29) is 18.2 Å². The Hall–Kier alpha value is -1.72. The first kappa shape index (κ1) is 13.3. The van der Waals surface area contributed by atoms with E-state index in [0.29, 0.717) is 6.54 Å². The van der Waals surface area contributed by atoms with E-state index in [9.17, 15) is 9.90 Å². The van der Waals surface area contributed by atoms with Crippen molar-refractivity contribution in [1.82, 2.24) is 14.3 Å². The molecule has 2 aromatic rings. The van der Waals surface area contributed by atoms with Gasteiger partial charge >= 0.3 is 0 Å². The normalized spacial score (nSPS) is 19.8. The van der Waals surface area contributed by atoms with E-state index in [0.717, 1.165) is 36.3 Å². The molecule has 106 valence electrons. The number of rotatable bonds is 3. The van der Waals surface area contributed by atoms with Crippen molar-refractivity contribution in [3.63, 3.8) is 0 Å². The summed E-state index contributed by atoms with van der Waals surface area (Å²) in [5.41, 5.74) is 2.44. The molecule has 0 bridgehead atoms. The minimum Gasteiger partial charge on any atom is -0.395 e. The lowest BCUT2D eigenvalue weighted by molar-refractivity contribution is 0.152. The number of aliphatic hydroxyl groups is 1. The fourth-order valence-electron chi connectivity index (χ4n) is 2.91. The summed E-state index contributed by atoms with van der Waals surface area (Å²) in [6.45, 7) is 3.72. The third kappa shape index (κ3) is 2.34. The number of hydrogen-bond donors (Lipinski definition) is 1. The molecule has 0 aliphatic carbocycles. The van der Waals surface area contributed by atoms with E-state index in [4.69, 9.17) is 0 Å². The standard InChI is InChI=1S/C15H19N3O2/c1-11-4-2-7-18-14(20)8-12(16-15(11)18)9-17-6-3-5-13(17)10-19/h2,4,7-8,13,19H,3,5-6,9-10H2,1H3/t13-/m0/s1. The first-order valence-corrected chi connectivity index (χ1v) is 7.02. The molecule has 1 fully saturated rings. The van der Waals surface area contributed by atoms with Gasteiger partial charge in [0, 0.05) is 24.8 Å². The van der Waals surface area contributed by atoms with Gasteiger partial charge in [0.2, 0.25) is 0 Å². The second-order valence-electron chi connectivity index (χ2n) is 5.42. The van der Waals surface area contributed by atoms with Crippen LogP contribution in [0.15, 0.2) is 29.2 Å². The van der Waals surface area contributed by atoms with E-state index in [1.807, 2.05) is 19.1 Å². The van der Waals surface area contributed by atoms with Crippen LogP contribution in [0.4, 0.5) is 0 Å². The van der Waals surface area contributed by atoms with E-state index in [1.165, 1.54) is 0 Å². The Labute approximate surface area is 117 Å². The van der Waals surface area contributed by atoms with Crippen molar-refractivity contribution in [2.24, 2.45) is 0 Å². The van der Waals surface area contributed by atoms with Crippen LogP contribution in [0.25, 0.3) is 5.65 Å². The van der Waals surface area contributed by atoms with Gasteiger partial charge in [-0.3, -0.25) is 14.1 Å². The van der Waals surface area contributed by atoms with Gasteiger partial charge in [0.15, 0.2) is 0 Å². The molecule has 2 aromatic heterocycles. The largest absolute Gasteiger partial charge is 0.395 e. The molecule has 1 atom stereocenters. The van der Waals surface area contributed by atoms with E-state index in [1.54, 1.807) is 16.7 Å². The Kier molecular flexibility index (Phi) is 3.54. The van der Waals surface area contributed by atoms with E-state index >= 15 is 0 Å². The quantitative estimate of drug-likeness (QED) is 0.905. The monoisotopic (exact) mass is 273 g/mol. The van der Waals surface area contributed by atoms with Gasteiger partial charge in [0.25, 0.3) is 5.56 Å². The Morgan fingerprint density at radius 3 is 3.15 bits per heavy atom. The smallest absolute Gasteiger partial charge is 0.258 e. The molecule has 0 aromatic carbocycles. The lowest BCUT2D eigenvalue weighted by Crippen LogP contribution is -2.32. The highest BCUT2D eigenvalue weighted by molar-refractivity contribution is 5.46. The van der Waals surface area contributed by atoms with Gasteiger partial charge in [-0.2, -0.15) is 0 Å². The Bertz CT molecular complexity index is 680. The van der Waals surface area contributed by atoms with Gasteiger partial charge in [0.1, 0.15) is 5.65 Å². The summed E-state index contributed by atoms with van der Waals surface area (Å²) >= 11 is 0. The highest BCUT2D eigenvalue weighted by Gasteiger charge is 2.24. The highest BCUT2D eigenvalue weighted by Crippen LogP contribution is 2.19. The van der Waals surface area contributed by atoms with Crippen molar-refractivity contribution in [2.75, 3.05) is 13.2 Å². The number of fused-ring (bicyclic) bond motifs is 1. The molecule has 0 amide bonds. The Morgan fingerprint density at radius 2 is 2.35 bits per heavy atom. The van der Waals surface area contributed by atoms with Crippen molar-refractivity contribution in [3.8, 4) is 0 Å². The molecule has 1 N–H and O–H groups in total. The van der Waals surface area contributed by atoms with Crippen LogP contribution >= 0.6 is 0 Å². The second kappa shape index (κ2) is 5.34. The molecule has 0 spiro atoms. The van der Waals surface area contributed by atoms with Crippen LogP contribution in [0.3, 0.4) is 0 Å². The summed E-state index contributed by atoms with van der Waals surface area (Å²) in [5, 5.41) is 9.36. The Balaban J connectivity index is 1.96. The maximum absolute atomic E-state index is 12.1. The first-order valence-electron chi connectivity index (χ1n) is 7.02. The molecule has 1 saturated heterocycles. The number of likely N-dealkylation sites (tertiary alicyclic amines) is 1. The van der Waals surface area contributed by atoms with Crippen molar-refractivity contribution in [3.05, 3.63) is 46.0 Å². The van der Waals surface area contributed by atoms with Crippen LogP contribution < -0.4 is 5.56 Å². The minimum atomic E-state index is -0.0477. The molecule has 0 radical (unpaired) electrons. The number of aliphatic hydroxyl groups excluding tert-OH is 1. The molecule has 1 aliphatic rings. The number of pyridine rings is 1. The van der Waals surface area contributed by atoms with Gasteiger partial charge in [-0.25, -0.2) is 4.98 Å². The minimum absolute atomic E-state index is 0.0477. The number of hydrogen-bond acceptors (Lipinski definition) is 4. The summed E-state index contributed by atoms with van der Waals surface area (Å²) in [6, 6.07) is 5.61. The predicted octanol–water partition coefficient (Wildman–Crippen LogP) is 0.960. The van der Waals surface area contributed by atoms with Crippen molar-refractivity contribution < 1.29 is 5.11 Å². The summed E-state index contributed by atoms with van der Waals surface area (Å²) in [6.07, 6.45) is 3.85. The van der Waals surface area contributed by atoms with Crippen LogP contribution in [-0.2, 0) is 6.54 Å². The van der Waals surface area contributed by atoms with Crippen LogP contribution in [0.2, 0.25) is 0 Å². The lowest BCUT2D eigenvalue weighted by Gasteiger charge is -2.22. The summed E-state index contributed by atoms with van der Waals surface area (Å²) in [4.78, 5) is 18.9. The van der Waals surface area contributed by atoms with Gasteiger partial charge in [-0.15, -0.1) is 0 Å². The number of aromatic nitrogens is 2. The van der Waals surface area contributed by atoms with Crippen LogP contribution in [0.1, 0.15) is 24.1 Å². The van der Waals surface area contributed by atoms with E-state index in [2.05, 4.69) is 9.88 Å². The molecule has 0 unspecified atom stereocenters. The molecule has 3 heterocycles. The summed E-state index contributed by atoms with van der Waals surface area (Å²) in [7, 11) is 0. The zero-order chi connectivity index (χ0) is 14.1. The maximum Gasteiger partial charge on any atom is 0.258 e. The molecule has 3 rings (SSSR count). The molecule has 5 heteroatoms. The number of nitrogens with zero attached hydrogens (tertiary/aromatic N) is 3. The van der Waals surface area contributed by atoms with Crippen LogP contribution in [0, 0.1) is 6.92 Å². The lowest BCUT2D eigenvalue weighted by atomic mass is 10.2. The molecular formula is C15H19N3O2. The molecular weight excluding hydrogens is 254 g/mol. The van der Waals surface area contributed by atoms with Gasteiger partial charge in [0.05, 0.1) is 12.3 Å². The average Bonchev–Trinajstić information content (AvgIpc) is 2.87. The first-order chi connectivity index (χ1) is 9.69. The zero-order valence-corrected chi connectivity index (χ0v) is 11.6. The van der Waals surface area contributed by atoms with Crippen molar-refractivity contribution >= 4 is 5.65 Å². The highest BCUT2D eigenvalue weighted by atomic mass is 16.3. The molecule has 20 heavy (non-hydrogen) atoms. The third-order valence-corrected chi connectivity index (χ3v) is 4.01. The average molecular weight is 273 g/mol. The summed E-state index contributed by atoms with van der Waals surface area (Å²) in [5.74, 6) is 0. The summed E-state index contributed by atoms with van der Waals surface area (Å²) < 4.78 is 1.58. The molecule has 0 saturated carbocycles. The van der Waals surface area contributed by atoms with Gasteiger partial charge < -0.3 is 5.11 Å². The fourth-order valence-corrected chi connectivity index (χ4v) is 2.91. The topological polar surface area (TPSA) is 57.8 Å². The van der Waals surface area contributed by atoms with Crippen molar-refractivity contribution in [1.29, 1.82) is 0 Å². The number of aryl methyl sites for hydroxylation is 1.